The second-order valence-electron chi connectivity index (χ2n) is 8.16. The van der Waals surface area contributed by atoms with E-state index in [1.807, 2.05) is 19.1 Å². The van der Waals surface area contributed by atoms with Gasteiger partial charge in [0.1, 0.15) is 0 Å². The first-order valence-electron chi connectivity index (χ1n) is 11.0. The molecule has 0 spiro atoms. The Morgan fingerprint density at radius 3 is 2.53 bits per heavy atom. The minimum absolute atomic E-state index is 0.0563. The van der Waals surface area contributed by atoms with Gasteiger partial charge in [0.2, 0.25) is 0 Å². The summed E-state index contributed by atoms with van der Waals surface area (Å²) in [5.41, 5.74) is 9.02. The summed E-state index contributed by atoms with van der Waals surface area (Å²) in [7, 11) is 1.72. The Morgan fingerprint density at radius 2 is 1.79 bits per heavy atom. The first kappa shape index (κ1) is 24.3. The van der Waals surface area contributed by atoms with E-state index in [0.29, 0.717) is 13.2 Å². The van der Waals surface area contributed by atoms with Crippen LogP contribution < -0.4 is 26.8 Å². The Hall–Kier alpha value is -2.88. The van der Waals surface area contributed by atoms with Gasteiger partial charge in [0.15, 0.2) is 0 Å². The number of hydrogen-bond acceptors (Lipinski definition) is 5. The van der Waals surface area contributed by atoms with Crippen molar-refractivity contribution in [1.82, 2.24) is 5.32 Å². The average molecular weight is 568 g/mol. The van der Waals surface area contributed by atoms with Gasteiger partial charge in [0.25, 0.3) is 0 Å². The summed E-state index contributed by atoms with van der Waals surface area (Å²) in [6.07, 6.45) is 0. The van der Waals surface area contributed by atoms with Crippen LogP contribution in [0.15, 0.2) is 68.9 Å². The number of amidine groups is 1. The molecule has 0 radical (unpaired) electrons. The van der Waals surface area contributed by atoms with E-state index in [-0.39, 0.29) is 6.54 Å². The Balaban J connectivity index is 1.57. The van der Waals surface area contributed by atoms with Crippen LogP contribution in [0.25, 0.3) is 11.1 Å². The summed E-state index contributed by atoms with van der Waals surface area (Å²) in [6, 6.07) is 21.0. The third-order valence-electron chi connectivity index (χ3n) is 5.62. The zero-order chi connectivity index (χ0) is 24.1. The van der Waals surface area contributed by atoms with E-state index in [9.17, 15) is 4.79 Å². The first-order valence-corrected chi connectivity index (χ1v) is 13.0. The van der Waals surface area contributed by atoms with Crippen LogP contribution in [-0.2, 0) is 22.7 Å². The number of benzene rings is 3. The molecule has 2 N–H and O–H groups in total. The second kappa shape index (κ2) is 11.0. The van der Waals surface area contributed by atoms with Crippen LogP contribution in [0.1, 0.15) is 33.4 Å². The molecule has 34 heavy (non-hydrogen) atoms. The standard InChI is InChI=1S/C27H27IN3O3/c1-17-6-4-5-7-22(17)24-11-9-20(13-21(24)16-34-3)26-28-31-27(30-26)23-10-8-19(12-18(23)2)14-29-15-25(32)33/h4-13,29H,14-16H2,1-3H3,(H,32,33)/q-1. The predicted molar refractivity (Wildman–Crippen MR) is 131 cm³/mol. The molecule has 7 heteroatoms. The second-order valence-corrected chi connectivity index (χ2v) is 10.1. The maximum atomic E-state index is 10.7. The van der Waals surface area contributed by atoms with Gasteiger partial charge >= 0.3 is 211 Å². The molecule has 0 aliphatic carbocycles. The average Bonchev–Trinajstić information content (AvgIpc) is 3.30. The number of methoxy groups -OCH3 is 1. The summed E-state index contributed by atoms with van der Waals surface area (Å²) >= 11 is -0.581. The molecule has 1 heterocycles. The van der Waals surface area contributed by atoms with Crippen molar-refractivity contribution in [2.75, 3.05) is 13.7 Å². The normalized spacial score (nSPS) is 13.3. The topological polar surface area (TPSA) is 83.3 Å². The summed E-state index contributed by atoms with van der Waals surface area (Å²) in [5, 5.41) is 11.7. The number of carbonyl (C=O) groups is 1. The third kappa shape index (κ3) is 5.60. The molecule has 0 amide bonds. The van der Waals surface area contributed by atoms with E-state index in [2.05, 4.69) is 60.8 Å². The van der Waals surface area contributed by atoms with Gasteiger partial charge < -0.3 is 0 Å². The maximum absolute atomic E-state index is 10.7. The Bertz CT molecular complexity index is 1280. The van der Waals surface area contributed by atoms with Gasteiger partial charge in [-0.2, -0.15) is 0 Å². The molecule has 0 aromatic heterocycles. The Labute approximate surface area is 210 Å². The number of ether oxygens (including phenoxy) is 1. The van der Waals surface area contributed by atoms with Crippen molar-refractivity contribution >= 4 is 15.5 Å². The SMILES string of the molecule is COCc1cc(C2=NC(c3ccc(CNCC(=O)O)cc3C)=N[I-]2)ccc1-c1ccccc1C. The number of aliphatic carboxylic acids is 1. The zero-order valence-corrected chi connectivity index (χ0v) is 21.6. The molecule has 0 fully saturated rings. The van der Waals surface area contributed by atoms with Crippen LogP contribution in [-0.4, -0.2) is 34.3 Å². The first-order chi connectivity index (χ1) is 16.5. The number of carboxylic acid groups (broad SMARTS) is 1. The fourth-order valence-corrected chi connectivity index (χ4v) is 5.74. The molecule has 6 nitrogen and oxygen atoms in total. The number of nitrogens with zero attached hydrogens (tertiary/aromatic N) is 2. The van der Waals surface area contributed by atoms with Crippen molar-refractivity contribution in [3.8, 4) is 11.1 Å². The monoisotopic (exact) mass is 568 g/mol. The van der Waals surface area contributed by atoms with Crippen molar-refractivity contribution in [2.24, 2.45) is 8.20 Å². The van der Waals surface area contributed by atoms with Crippen LogP contribution in [0.5, 0.6) is 0 Å². The van der Waals surface area contributed by atoms with Crippen molar-refractivity contribution < 1.29 is 36.1 Å². The molecular formula is C27H27IN3O3-. The minimum atomic E-state index is -0.861. The van der Waals surface area contributed by atoms with E-state index in [1.165, 1.54) is 16.7 Å². The molecule has 0 bridgehead atoms. The fourth-order valence-electron chi connectivity index (χ4n) is 3.97. The number of nitrogens with one attached hydrogen (secondary N) is 1. The van der Waals surface area contributed by atoms with Gasteiger partial charge in [0, 0.05) is 0 Å². The summed E-state index contributed by atoms with van der Waals surface area (Å²) in [4.78, 5) is 15.6. The van der Waals surface area contributed by atoms with E-state index >= 15 is 0 Å². The molecule has 0 atom stereocenters. The number of hydrogen-bond donors (Lipinski definition) is 2. The van der Waals surface area contributed by atoms with Crippen molar-refractivity contribution in [1.29, 1.82) is 0 Å². The van der Waals surface area contributed by atoms with Crippen LogP contribution in [0.2, 0.25) is 0 Å². The fraction of sp³-hybridized carbons (Fsp3) is 0.222. The van der Waals surface area contributed by atoms with E-state index in [4.69, 9.17) is 18.0 Å². The molecular weight excluding hydrogens is 541 g/mol. The molecule has 1 aliphatic heterocycles. The molecule has 1 aliphatic rings. The van der Waals surface area contributed by atoms with Crippen LogP contribution in [0.4, 0.5) is 0 Å². The zero-order valence-electron chi connectivity index (χ0n) is 19.4. The summed E-state index contributed by atoms with van der Waals surface area (Å²) in [6.45, 7) is 5.16. The van der Waals surface area contributed by atoms with Crippen molar-refractivity contribution in [2.45, 2.75) is 27.0 Å². The molecule has 4 rings (SSSR count). The molecule has 0 unspecified atom stereocenters. The van der Waals surface area contributed by atoms with Crippen LogP contribution in [0.3, 0.4) is 0 Å². The summed E-state index contributed by atoms with van der Waals surface area (Å²) in [5.74, 6) is -0.0818. The predicted octanol–water partition coefficient (Wildman–Crippen LogP) is 1.50. The molecule has 3 aromatic rings. The Morgan fingerprint density at radius 1 is 1.00 bits per heavy atom. The number of aliphatic imine (C=N–C) groups is 1. The van der Waals surface area contributed by atoms with Crippen LogP contribution >= 0.6 is 0 Å². The van der Waals surface area contributed by atoms with Gasteiger partial charge in [-0.05, 0) is 0 Å². The molecule has 0 saturated heterocycles. The molecule has 176 valence electrons. The van der Waals surface area contributed by atoms with Gasteiger partial charge in [-0.25, -0.2) is 0 Å². The number of carboxylic acids is 1. The van der Waals surface area contributed by atoms with Gasteiger partial charge in [0.05, 0.1) is 0 Å². The number of rotatable bonds is 9. The molecule has 3 aromatic carbocycles. The van der Waals surface area contributed by atoms with Crippen molar-refractivity contribution in [3.05, 3.63) is 94.0 Å². The number of aryl methyl sites for hydroxylation is 2. The van der Waals surface area contributed by atoms with Crippen LogP contribution in [0, 0.1) is 13.8 Å². The quantitative estimate of drug-likeness (QED) is 0.384. The summed E-state index contributed by atoms with van der Waals surface area (Å²) < 4.78 is 11.4. The number of halogens is 1. The Kier molecular flexibility index (Phi) is 7.87. The van der Waals surface area contributed by atoms with Gasteiger partial charge in [-0.1, -0.05) is 0 Å². The van der Waals surface area contributed by atoms with Gasteiger partial charge in [-0.3, -0.25) is 0 Å². The van der Waals surface area contributed by atoms with Gasteiger partial charge in [-0.15, -0.1) is 0 Å². The van der Waals surface area contributed by atoms with E-state index < -0.39 is 27.4 Å². The molecule has 0 saturated carbocycles. The van der Waals surface area contributed by atoms with E-state index in [1.54, 1.807) is 7.11 Å². The van der Waals surface area contributed by atoms with Crippen molar-refractivity contribution in [3.63, 3.8) is 0 Å². The third-order valence-corrected chi connectivity index (χ3v) is 7.64. The van der Waals surface area contributed by atoms with E-state index in [0.717, 1.165) is 37.4 Å².